The van der Waals surface area contributed by atoms with Gasteiger partial charge in [0, 0.05) is 16.5 Å². The van der Waals surface area contributed by atoms with Gasteiger partial charge in [-0.1, -0.05) is 62.3 Å². The summed E-state index contributed by atoms with van der Waals surface area (Å²) in [5.41, 5.74) is 12.0. The molecular formula is C31H42FN7O8PSi+. The molecule has 0 saturated carbocycles. The number of alkyl halides is 1. The second kappa shape index (κ2) is 16.2. The zero-order valence-corrected chi connectivity index (χ0v) is 30.2. The fraction of sp³-hybridized carbons (Fsp3) is 0.516. The number of hydroxylamine groups is 1. The summed E-state index contributed by atoms with van der Waals surface area (Å²) in [4.78, 5) is 39.3. The summed E-state index contributed by atoms with van der Waals surface area (Å²) in [6, 6.07) is 14.4. The number of carbonyl (C=O) groups excluding carboxylic acids is 1. The highest BCUT2D eigenvalue weighted by atomic mass is 31.1. The molecule has 1 aliphatic heterocycles. The molecule has 1 aliphatic rings. The molecule has 2 heterocycles. The van der Waals surface area contributed by atoms with E-state index in [2.05, 4.69) is 15.0 Å². The first-order chi connectivity index (χ1) is 23.3. The minimum atomic E-state index is -3.13. The minimum absolute atomic E-state index is 0.0639. The van der Waals surface area contributed by atoms with E-state index in [1.165, 1.54) is 19.2 Å². The lowest BCUT2D eigenvalue weighted by Gasteiger charge is -2.34. The van der Waals surface area contributed by atoms with Gasteiger partial charge in [0.1, 0.15) is 23.4 Å². The summed E-state index contributed by atoms with van der Waals surface area (Å²) in [6.45, 7) is 9.63. The van der Waals surface area contributed by atoms with Crippen LogP contribution in [0.1, 0.15) is 47.8 Å². The maximum absolute atomic E-state index is 16.8. The van der Waals surface area contributed by atoms with Gasteiger partial charge in [-0.05, 0) is 66.5 Å². The molecule has 1 aromatic heterocycles. The maximum atomic E-state index is 16.8. The van der Waals surface area contributed by atoms with E-state index >= 15 is 4.39 Å². The molecule has 4 rings (SSSR count). The Bertz CT molecular complexity index is 1740. The smallest absolute Gasteiger partial charge is 0.462 e. The number of fused-ring (bicyclic) bond motifs is 1. The molecule has 6 atom stereocenters. The molecule has 264 valence electrons. The average molecular weight is 719 g/mol. The van der Waals surface area contributed by atoms with Gasteiger partial charge in [-0.25, -0.2) is 9.18 Å². The van der Waals surface area contributed by atoms with Crippen molar-refractivity contribution in [1.82, 2.24) is 14.4 Å². The predicted molar refractivity (Wildman–Crippen MR) is 183 cm³/mol. The van der Waals surface area contributed by atoms with Crippen LogP contribution in [0.2, 0.25) is 18.1 Å². The minimum Gasteiger partial charge on any atom is -0.462 e. The topological polar surface area (TPSA) is 193 Å². The van der Waals surface area contributed by atoms with Crippen LogP contribution in [0, 0.1) is 0 Å². The number of nitrogens with zero attached hydrogens (tertiary/aromatic N) is 6. The molecule has 0 spiro atoms. The third-order valence-electron chi connectivity index (χ3n) is 8.49. The molecule has 0 amide bonds. The average Bonchev–Trinajstić information content (AvgIpc) is 3.34. The Morgan fingerprint density at radius 3 is 2.49 bits per heavy atom. The Balaban J connectivity index is 1.71. The lowest BCUT2D eigenvalue weighted by molar-refractivity contribution is -0.159. The van der Waals surface area contributed by atoms with E-state index in [4.69, 9.17) is 29.0 Å². The second-order valence-corrected chi connectivity index (χ2v) is 17.7. The van der Waals surface area contributed by atoms with Crippen LogP contribution in [-0.4, -0.2) is 65.4 Å². The normalized spacial score (nSPS) is 21.8. The Morgan fingerprint density at radius 1 is 1.18 bits per heavy atom. The van der Waals surface area contributed by atoms with Crippen molar-refractivity contribution >= 4 is 39.1 Å². The molecule has 0 bridgehead atoms. The molecule has 2 N–H and O–H groups in total. The summed E-state index contributed by atoms with van der Waals surface area (Å²) in [5.74, 6) is -0.578. The number of ether oxygens (including phenoxy) is 2. The van der Waals surface area contributed by atoms with E-state index in [-0.39, 0.29) is 11.6 Å². The predicted octanol–water partition coefficient (Wildman–Crippen LogP) is 6.55. The molecule has 2 unspecified atom stereocenters. The van der Waals surface area contributed by atoms with Gasteiger partial charge in [-0.15, -0.1) is 4.52 Å². The number of anilines is 1. The van der Waals surface area contributed by atoms with Gasteiger partial charge in [-0.2, -0.15) is 4.98 Å². The lowest BCUT2D eigenvalue weighted by atomic mass is 10.1. The highest BCUT2D eigenvalue weighted by molar-refractivity contribution is 7.36. The van der Waals surface area contributed by atoms with Crippen LogP contribution < -0.4 is 16.3 Å². The highest BCUT2D eigenvalue weighted by Gasteiger charge is 2.61. The Kier molecular flexibility index (Phi) is 12.5. The zero-order valence-electron chi connectivity index (χ0n) is 28.3. The first kappa shape index (κ1) is 37.9. The quantitative estimate of drug-likeness (QED) is 0.0321. The highest BCUT2D eigenvalue weighted by Crippen LogP contribution is 2.46. The van der Waals surface area contributed by atoms with E-state index in [0.29, 0.717) is 23.5 Å². The number of nitrogens with two attached hydrogens (primary N) is 1. The second-order valence-electron chi connectivity index (χ2n) is 11.9. The molecule has 0 aliphatic carbocycles. The van der Waals surface area contributed by atoms with E-state index in [1.54, 1.807) is 38.1 Å². The molecule has 2 aromatic carbocycles. The van der Waals surface area contributed by atoms with Gasteiger partial charge in [0.2, 0.25) is 5.72 Å². The van der Waals surface area contributed by atoms with Crippen LogP contribution in [0.25, 0.3) is 21.2 Å². The van der Waals surface area contributed by atoms with Crippen molar-refractivity contribution in [2.75, 3.05) is 12.3 Å². The lowest BCUT2D eigenvalue weighted by Crippen LogP contribution is -2.48. The van der Waals surface area contributed by atoms with Crippen molar-refractivity contribution < 1.29 is 37.0 Å². The number of rotatable bonds is 16. The van der Waals surface area contributed by atoms with Gasteiger partial charge in [-0.3, -0.25) is 9.36 Å². The number of hydrogen-bond donors (Lipinski definition) is 1. The van der Waals surface area contributed by atoms with Crippen molar-refractivity contribution in [2.45, 2.75) is 96.0 Å². The van der Waals surface area contributed by atoms with Crippen molar-refractivity contribution in [3.63, 3.8) is 0 Å². The largest absolute Gasteiger partial charge is 0.653 e. The Hall–Kier alpha value is -3.95. The molecule has 1 saturated heterocycles. The first-order valence-electron chi connectivity index (χ1n) is 16.0. The zero-order chi connectivity index (χ0) is 35.9. The van der Waals surface area contributed by atoms with Crippen LogP contribution >= 0.6 is 8.18 Å². The van der Waals surface area contributed by atoms with Gasteiger partial charge >= 0.3 is 19.8 Å². The summed E-state index contributed by atoms with van der Waals surface area (Å²) in [5, 5.41) is 5.11. The Labute approximate surface area is 285 Å². The van der Waals surface area contributed by atoms with Gasteiger partial charge in [0.15, 0.2) is 32.5 Å². The number of halogens is 1. The SMILES string of the molecule is CC[Si](CC)(CC)O[C@H]1[C@H](n2ccc(N)nc2=O)O[C@@](CO[P+](=O)N(Oc2cccc3ccccc23)C(C)C(=O)OC(C)C)(N=[N+]=[N-])[C@H]1F. The fourth-order valence-corrected chi connectivity index (χ4v) is 9.29. The van der Waals surface area contributed by atoms with Gasteiger partial charge in [0.25, 0.3) is 0 Å². The molecule has 15 nitrogen and oxygen atoms in total. The van der Waals surface area contributed by atoms with Crippen LogP contribution in [-0.2, 0) is 27.8 Å². The number of hydrogen-bond acceptors (Lipinski definition) is 11. The number of aromatic nitrogens is 2. The third kappa shape index (κ3) is 8.27. The first-order valence-corrected chi connectivity index (χ1v) is 19.7. The standard InChI is InChI=1S/C31H41FN7O8PSi/c1-7-49(8-2,9-3)47-26-27(32)31(36-37-34,45-28(26)38-18-17-25(33)35-30(38)41)19-43-48(42)39(21(6)29(40)44-20(4)5)46-24-16-12-14-22-13-10-11-15-23(22)24/h10-18,20-21,26-28H,7-9,19H2,1-6H3,(H-,33,35,41)/p+1/t21?,26-,27+,28-,31-/m1/s1. The van der Waals surface area contributed by atoms with Crippen molar-refractivity contribution in [3.05, 3.63) is 75.7 Å². The van der Waals surface area contributed by atoms with Crippen molar-refractivity contribution in [1.29, 1.82) is 0 Å². The van der Waals surface area contributed by atoms with E-state index < -0.39 is 71.1 Å². The summed E-state index contributed by atoms with van der Waals surface area (Å²) < 4.78 is 55.3. The molecule has 49 heavy (non-hydrogen) atoms. The molecular weight excluding hydrogens is 676 g/mol. The monoisotopic (exact) mass is 718 g/mol. The summed E-state index contributed by atoms with van der Waals surface area (Å²) >= 11 is 0. The maximum Gasteiger partial charge on any atom is 0.653 e. The number of carbonyl (C=O) groups is 1. The van der Waals surface area contributed by atoms with E-state index in [0.717, 1.165) is 14.8 Å². The van der Waals surface area contributed by atoms with Crippen molar-refractivity contribution in [2.24, 2.45) is 5.11 Å². The third-order valence-corrected chi connectivity index (χ3v) is 14.2. The van der Waals surface area contributed by atoms with E-state index in [1.807, 2.05) is 39.0 Å². The van der Waals surface area contributed by atoms with Gasteiger partial charge in [0.05, 0.1) is 6.10 Å². The number of esters is 1. The number of azide groups is 1. The van der Waals surface area contributed by atoms with Crippen LogP contribution in [0.3, 0.4) is 0 Å². The summed E-state index contributed by atoms with van der Waals surface area (Å²) in [7, 11) is -5.70. The summed E-state index contributed by atoms with van der Waals surface area (Å²) in [6.07, 6.45) is -4.31. The number of nitrogen functional groups attached to an aromatic ring is 1. The van der Waals surface area contributed by atoms with Crippen LogP contribution in [0.4, 0.5) is 10.2 Å². The van der Waals surface area contributed by atoms with Crippen molar-refractivity contribution in [3.8, 4) is 5.75 Å². The molecule has 18 heteroatoms. The van der Waals surface area contributed by atoms with Crippen LogP contribution in [0.5, 0.6) is 5.75 Å². The van der Waals surface area contributed by atoms with E-state index in [9.17, 15) is 19.7 Å². The van der Waals surface area contributed by atoms with Crippen LogP contribution in [0.15, 0.2) is 64.6 Å². The fourth-order valence-electron chi connectivity index (χ4n) is 5.54. The molecule has 3 aromatic rings. The molecule has 1 fully saturated rings. The van der Waals surface area contributed by atoms with Gasteiger partial charge < -0.3 is 24.5 Å². The molecule has 0 radical (unpaired) electrons. The Morgan fingerprint density at radius 2 is 1.86 bits per heavy atom. The number of benzene rings is 2.